The summed E-state index contributed by atoms with van der Waals surface area (Å²) in [5.41, 5.74) is 4.95. The van der Waals surface area contributed by atoms with Crippen LogP contribution in [0.5, 0.6) is 0 Å². The minimum Gasteiger partial charge on any atom is -0.378 e. The van der Waals surface area contributed by atoms with Crippen molar-refractivity contribution in [3.05, 3.63) is 73.2 Å². The number of nitrogens with one attached hydrogen (secondary N) is 1. The van der Waals surface area contributed by atoms with Gasteiger partial charge in [-0.1, -0.05) is 17.3 Å². The Morgan fingerprint density at radius 3 is 2.33 bits per heavy atom. The molecule has 0 bridgehead atoms. The number of aromatic nitrogens is 5. The van der Waals surface area contributed by atoms with Gasteiger partial charge in [0.2, 0.25) is 5.95 Å². The third-order valence-electron chi connectivity index (χ3n) is 5.01. The molecule has 1 N–H and O–H groups in total. The highest BCUT2D eigenvalue weighted by atomic mass is 16.5. The lowest BCUT2D eigenvalue weighted by Gasteiger charge is -2.28. The van der Waals surface area contributed by atoms with Crippen molar-refractivity contribution >= 4 is 17.3 Å². The zero-order valence-electron chi connectivity index (χ0n) is 16.3. The first kappa shape index (κ1) is 18.3. The molecule has 8 heteroatoms. The Labute approximate surface area is 174 Å². The summed E-state index contributed by atoms with van der Waals surface area (Å²) in [4.78, 5) is 11.3. The van der Waals surface area contributed by atoms with Gasteiger partial charge in [-0.05, 0) is 42.5 Å². The van der Waals surface area contributed by atoms with Crippen LogP contribution in [0.15, 0.2) is 73.2 Å². The molecule has 1 fully saturated rings. The van der Waals surface area contributed by atoms with E-state index in [1.807, 2.05) is 48.7 Å². The summed E-state index contributed by atoms with van der Waals surface area (Å²) in [6.45, 7) is 3.40. The van der Waals surface area contributed by atoms with Gasteiger partial charge in [0, 0.05) is 36.2 Å². The number of morpholine rings is 1. The van der Waals surface area contributed by atoms with Crippen molar-refractivity contribution in [3.63, 3.8) is 0 Å². The Kier molecular flexibility index (Phi) is 5.05. The smallest absolute Gasteiger partial charge is 0.227 e. The first-order valence-corrected chi connectivity index (χ1v) is 9.85. The molecule has 150 valence electrons. The second kappa shape index (κ2) is 8.30. The minimum absolute atomic E-state index is 0.562. The Morgan fingerprint density at radius 1 is 0.833 bits per heavy atom. The van der Waals surface area contributed by atoms with Gasteiger partial charge in [-0.25, -0.2) is 14.6 Å². The van der Waals surface area contributed by atoms with Crippen LogP contribution >= 0.6 is 0 Å². The van der Waals surface area contributed by atoms with E-state index in [1.54, 1.807) is 17.1 Å². The molecule has 2 aromatic heterocycles. The van der Waals surface area contributed by atoms with Gasteiger partial charge in [-0.15, -0.1) is 5.10 Å². The third kappa shape index (κ3) is 3.99. The molecule has 0 atom stereocenters. The maximum atomic E-state index is 5.42. The number of ether oxygens (including phenoxy) is 1. The molecular weight excluding hydrogens is 378 g/mol. The van der Waals surface area contributed by atoms with E-state index < -0.39 is 0 Å². The van der Waals surface area contributed by atoms with Crippen LogP contribution in [0.4, 0.5) is 17.3 Å². The molecule has 0 unspecified atom stereocenters. The van der Waals surface area contributed by atoms with Gasteiger partial charge >= 0.3 is 0 Å². The van der Waals surface area contributed by atoms with E-state index in [9.17, 15) is 0 Å². The summed E-state index contributed by atoms with van der Waals surface area (Å²) in [5.74, 6) is 0.562. The topological polar surface area (TPSA) is 81.0 Å². The molecule has 0 spiro atoms. The number of benzene rings is 2. The Morgan fingerprint density at radius 2 is 1.60 bits per heavy atom. The fraction of sp³-hybridized carbons (Fsp3) is 0.182. The van der Waals surface area contributed by atoms with Crippen LogP contribution in [-0.4, -0.2) is 51.3 Å². The number of hydrogen-bond acceptors (Lipinski definition) is 7. The van der Waals surface area contributed by atoms with Crippen molar-refractivity contribution in [2.75, 3.05) is 36.5 Å². The van der Waals surface area contributed by atoms with E-state index in [1.165, 1.54) is 5.69 Å². The molecule has 30 heavy (non-hydrogen) atoms. The zero-order valence-corrected chi connectivity index (χ0v) is 16.3. The quantitative estimate of drug-likeness (QED) is 0.551. The SMILES string of the molecule is c1cn(-c2ccc(-c3ccnc(Nc4ccc(N5CCOCC5)cc4)n3)cc2)nn1. The predicted octanol–water partition coefficient (Wildman–Crippen LogP) is 3.30. The lowest BCUT2D eigenvalue weighted by molar-refractivity contribution is 0.122. The third-order valence-corrected chi connectivity index (χ3v) is 5.01. The molecule has 0 aliphatic carbocycles. The molecule has 3 heterocycles. The Balaban J connectivity index is 1.30. The summed E-state index contributed by atoms with van der Waals surface area (Å²) in [7, 11) is 0. The van der Waals surface area contributed by atoms with Gasteiger partial charge in [0.25, 0.3) is 0 Å². The Bertz CT molecular complexity index is 1090. The standard InChI is InChI=1S/C22H21N7O/c1-5-20(29-12-11-24-27-29)6-2-17(1)21-9-10-23-22(26-21)25-18-3-7-19(8-4-18)28-13-15-30-16-14-28/h1-12H,13-16H2,(H,23,25,26). The van der Waals surface area contributed by atoms with Crippen molar-refractivity contribution in [2.45, 2.75) is 0 Å². The maximum absolute atomic E-state index is 5.42. The maximum Gasteiger partial charge on any atom is 0.227 e. The summed E-state index contributed by atoms with van der Waals surface area (Å²) < 4.78 is 7.14. The van der Waals surface area contributed by atoms with Crippen LogP contribution < -0.4 is 10.2 Å². The van der Waals surface area contributed by atoms with Crippen LogP contribution in [-0.2, 0) is 4.74 Å². The van der Waals surface area contributed by atoms with Crippen LogP contribution in [0.1, 0.15) is 0 Å². The summed E-state index contributed by atoms with van der Waals surface area (Å²) in [6, 6.07) is 18.2. The van der Waals surface area contributed by atoms with Crippen LogP contribution in [0, 0.1) is 0 Å². The van der Waals surface area contributed by atoms with E-state index >= 15 is 0 Å². The fourth-order valence-corrected chi connectivity index (χ4v) is 3.42. The molecule has 8 nitrogen and oxygen atoms in total. The molecule has 2 aromatic carbocycles. The average molecular weight is 399 g/mol. The van der Waals surface area contributed by atoms with Crippen LogP contribution in [0.25, 0.3) is 16.9 Å². The second-order valence-corrected chi connectivity index (χ2v) is 6.93. The number of rotatable bonds is 5. The highest BCUT2D eigenvalue weighted by Gasteiger charge is 2.11. The van der Waals surface area contributed by atoms with Crippen molar-refractivity contribution in [1.82, 2.24) is 25.0 Å². The van der Waals surface area contributed by atoms with Gasteiger partial charge in [0.1, 0.15) is 0 Å². The predicted molar refractivity (Wildman–Crippen MR) is 115 cm³/mol. The van der Waals surface area contributed by atoms with E-state index in [4.69, 9.17) is 4.74 Å². The first-order valence-electron chi connectivity index (χ1n) is 9.85. The van der Waals surface area contributed by atoms with Gasteiger partial charge < -0.3 is 15.0 Å². The van der Waals surface area contributed by atoms with E-state index in [2.05, 4.69) is 42.6 Å². The number of hydrogen-bond donors (Lipinski definition) is 1. The van der Waals surface area contributed by atoms with Gasteiger partial charge in [0.05, 0.1) is 37.0 Å². The summed E-state index contributed by atoms with van der Waals surface area (Å²) >= 11 is 0. The Hall–Kier alpha value is -3.78. The molecule has 0 amide bonds. The number of anilines is 3. The fourth-order valence-electron chi connectivity index (χ4n) is 3.42. The van der Waals surface area contributed by atoms with Crippen molar-refractivity contribution in [3.8, 4) is 16.9 Å². The molecule has 5 rings (SSSR count). The highest BCUT2D eigenvalue weighted by molar-refractivity contribution is 5.64. The van der Waals surface area contributed by atoms with Crippen LogP contribution in [0.3, 0.4) is 0 Å². The van der Waals surface area contributed by atoms with E-state index in [0.717, 1.165) is 48.9 Å². The normalized spacial score (nSPS) is 13.9. The second-order valence-electron chi connectivity index (χ2n) is 6.93. The molecular formula is C22H21N7O. The average Bonchev–Trinajstić information content (AvgIpc) is 3.36. The largest absolute Gasteiger partial charge is 0.378 e. The first-order chi connectivity index (χ1) is 14.8. The highest BCUT2D eigenvalue weighted by Crippen LogP contribution is 2.23. The molecule has 1 aliphatic heterocycles. The molecule has 0 saturated carbocycles. The van der Waals surface area contributed by atoms with Crippen LogP contribution in [0.2, 0.25) is 0 Å². The monoisotopic (exact) mass is 399 g/mol. The molecule has 0 radical (unpaired) electrons. The summed E-state index contributed by atoms with van der Waals surface area (Å²) in [5, 5.41) is 11.1. The summed E-state index contributed by atoms with van der Waals surface area (Å²) in [6.07, 6.45) is 5.23. The lowest BCUT2D eigenvalue weighted by atomic mass is 10.1. The van der Waals surface area contributed by atoms with Crippen molar-refractivity contribution < 1.29 is 4.74 Å². The van der Waals surface area contributed by atoms with E-state index in [-0.39, 0.29) is 0 Å². The minimum atomic E-state index is 0.562. The zero-order chi connectivity index (χ0) is 20.2. The van der Waals surface area contributed by atoms with Gasteiger partial charge in [-0.3, -0.25) is 0 Å². The number of nitrogens with zero attached hydrogens (tertiary/aromatic N) is 6. The van der Waals surface area contributed by atoms with E-state index in [0.29, 0.717) is 5.95 Å². The molecule has 1 saturated heterocycles. The van der Waals surface area contributed by atoms with Gasteiger partial charge in [-0.2, -0.15) is 0 Å². The molecule has 4 aromatic rings. The van der Waals surface area contributed by atoms with Gasteiger partial charge in [0.15, 0.2) is 0 Å². The lowest BCUT2D eigenvalue weighted by Crippen LogP contribution is -2.36. The van der Waals surface area contributed by atoms with Crippen molar-refractivity contribution in [1.29, 1.82) is 0 Å². The van der Waals surface area contributed by atoms with Crippen molar-refractivity contribution in [2.24, 2.45) is 0 Å². The molecule has 1 aliphatic rings.